The van der Waals surface area contributed by atoms with E-state index in [1.807, 2.05) is 9.80 Å². The van der Waals surface area contributed by atoms with E-state index in [2.05, 4.69) is 10.6 Å². The van der Waals surface area contributed by atoms with Crippen molar-refractivity contribution in [2.24, 2.45) is 0 Å². The number of carbonyl (C=O) groups is 5. The zero-order chi connectivity index (χ0) is 40.4. The average Bonchev–Trinajstić information content (AvgIpc) is 3.74. The van der Waals surface area contributed by atoms with E-state index >= 15 is 0 Å². The number of nitrogens with one attached hydrogen (secondary N) is 2. The van der Waals surface area contributed by atoms with Crippen LogP contribution in [0.4, 0.5) is 41.1 Å². The van der Waals surface area contributed by atoms with E-state index in [9.17, 15) is 37.9 Å². The number of carbonyl (C=O) groups excluding carboxylic acids is 5. The predicted molar refractivity (Wildman–Crippen MR) is 200 cm³/mol. The summed E-state index contributed by atoms with van der Waals surface area (Å²) in [5.74, 6) is -1.60. The minimum atomic E-state index is -0.960. The lowest BCUT2D eigenvalue weighted by atomic mass is 10.2. The van der Waals surface area contributed by atoms with Crippen LogP contribution < -0.4 is 30.2 Å². The van der Waals surface area contributed by atoms with Gasteiger partial charge in [0.1, 0.15) is 23.8 Å². The van der Waals surface area contributed by atoms with Crippen molar-refractivity contribution in [3.05, 3.63) is 48.0 Å². The van der Waals surface area contributed by atoms with Crippen molar-refractivity contribution in [1.82, 2.24) is 15.5 Å². The van der Waals surface area contributed by atoms with Gasteiger partial charge >= 0.3 is 12.2 Å². The van der Waals surface area contributed by atoms with Crippen LogP contribution in [0.5, 0.6) is 0 Å². The Labute approximate surface area is 323 Å². The molecule has 56 heavy (non-hydrogen) atoms. The number of cyclic esters (lactones) is 2. The first kappa shape index (κ1) is 41.9. The van der Waals surface area contributed by atoms with E-state index in [1.165, 1.54) is 47.6 Å². The molecule has 3 atom stereocenters. The smallest absolute Gasteiger partial charge is 0.414 e. The van der Waals surface area contributed by atoms with Crippen LogP contribution >= 0.6 is 0 Å². The van der Waals surface area contributed by atoms with E-state index in [4.69, 9.17) is 18.9 Å². The zero-order valence-electron chi connectivity index (χ0n) is 31.7. The molecule has 6 rings (SSSR count). The van der Waals surface area contributed by atoms with Crippen LogP contribution in [0.2, 0.25) is 0 Å². The highest BCUT2D eigenvalue weighted by atomic mass is 19.1. The molecule has 0 radical (unpaired) electrons. The third kappa shape index (κ3) is 11.4. The number of ether oxygens (including phenoxy) is 4. The fraction of sp³-hybridized carbons (Fsp3) is 0.541. The van der Waals surface area contributed by atoms with Crippen molar-refractivity contribution in [1.29, 1.82) is 0 Å². The molecule has 2 aromatic rings. The molecule has 4 saturated heterocycles. The zero-order valence-corrected chi connectivity index (χ0v) is 31.7. The van der Waals surface area contributed by atoms with Gasteiger partial charge in [-0.15, -0.1) is 0 Å². The summed E-state index contributed by atoms with van der Waals surface area (Å²) in [6, 6.07) is 9.32. The standard InChI is InChI=1S/C21H29FN4O6.C16H20FN3O4/c1-14(27)23-10-17(29)11-25(15(2)28)12-18-13-26(21(30)32-18)16-3-4-20(19(22)9-16)24-5-7-31-8-6-24;1-11(21)18-9-13-10-20(16(22)24-13)12-2-3-15(14(17)8-12)19-4-6-23-7-5-19/h3-4,9,17-18,29H,5-8,10-13H2,1-2H3,(H,23,27);2-3,8,13H,4-7,9-10H2,1H3,(H,18,21)/t17-,18-;13-/m00/s1. The van der Waals surface area contributed by atoms with Crippen LogP contribution in [-0.4, -0.2) is 150 Å². The second-order valence-corrected chi connectivity index (χ2v) is 13.7. The summed E-state index contributed by atoms with van der Waals surface area (Å²) in [5, 5.41) is 15.2. The van der Waals surface area contributed by atoms with Gasteiger partial charge in [0.2, 0.25) is 17.7 Å². The lowest BCUT2D eigenvalue weighted by molar-refractivity contribution is -0.131. The number of anilines is 4. The van der Waals surface area contributed by atoms with Gasteiger partial charge in [-0.1, -0.05) is 0 Å². The van der Waals surface area contributed by atoms with Crippen LogP contribution in [0.15, 0.2) is 36.4 Å². The Bertz CT molecular complexity index is 1730. The Morgan fingerprint density at radius 3 is 1.68 bits per heavy atom. The summed E-state index contributed by atoms with van der Waals surface area (Å²) in [7, 11) is 0. The largest absolute Gasteiger partial charge is 0.442 e. The van der Waals surface area contributed by atoms with E-state index in [0.717, 1.165) is 0 Å². The molecule has 5 amide bonds. The summed E-state index contributed by atoms with van der Waals surface area (Å²) in [4.78, 5) is 66.1. The normalized spacial score (nSPS) is 20.1. The number of hydrogen-bond donors (Lipinski definition) is 3. The Hall–Kier alpha value is -5.27. The van der Waals surface area contributed by atoms with Gasteiger partial charge in [0, 0.05) is 60.0 Å². The molecule has 4 aliphatic heterocycles. The molecule has 4 fully saturated rings. The van der Waals surface area contributed by atoms with Crippen LogP contribution in [0, 0.1) is 11.6 Å². The van der Waals surface area contributed by atoms with Gasteiger partial charge in [-0.2, -0.15) is 0 Å². The molecular formula is C37H49F2N7O10. The number of aliphatic hydroxyl groups excluding tert-OH is 1. The lowest BCUT2D eigenvalue weighted by Gasteiger charge is -2.29. The van der Waals surface area contributed by atoms with E-state index < -0.39 is 36.3 Å². The first-order valence-electron chi connectivity index (χ1n) is 18.4. The molecule has 3 N–H and O–H groups in total. The molecule has 4 heterocycles. The molecule has 0 aromatic heterocycles. The first-order chi connectivity index (χ1) is 26.8. The fourth-order valence-corrected chi connectivity index (χ4v) is 6.53. The van der Waals surface area contributed by atoms with Crippen molar-refractivity contribution in [3.63, 3.8) is 0 Å². The van der Waals surface area contributed by atoms with Gasteiger partial charge in [0.15, 0.2) is 0 Å². The molecule has 0 bridgehead atoms. The summed E-state index contributed by atoms with van der Waals surface area (Å²) < 4.78 is 50.3. The monoisotopic (exact) mass is 789 g/mol. The van der Waals surface area contributed by atoms with Crippen LogP contribution in [0.3, 0.4) is 0 Å². The minimum absolute atomic E-state index is 0.00443. The van der Waals surface area contributed by atoms with E-state index in [-0.39, 0.29) is 62.8 Å². The molecule has 0 saturated carbocycles. The summed E-state index contributed by atoms with van der Waals surface area (Å²) >= 11 is 0. The number of amides is 5. The maximum Gasteiger partial charge on any atom is 0.414 e. The van der Waals surface area contributed by atoms with Gasteiger partial charge in [-0.05, 0) is 36.4 Å². The maximum absolute atomic E-state index is 14.7. The third-order valence-corrected chi connectivity index (χ3v) is 9.40. The number of halogens is 2. The van der Waals surface area contributed by atoms with Gasteiger partial charge in [-0.3, -0.25) is 24.2 Å². The molecular weight excluding hydrogens is 740 g/mol. The van der Waals surface area contributed by atoms with Crippen LogP contribution in [-0.2, 0) is 33.3 Å². The minimum Gasteiger partial charge on any atom is -0.442 e. The van der Waals surface area contributed by atoms with Crippen LogP contribution in [0.1, 0.15) is 20.8 Å². The average molecular weight is 790 g/mol. The highest BCUT2D eigenvalue weighted by Crippen LogP contribution is 2.30. The lowest BCUT2D eigenvalue weighted by Crippen LogP contribution is -2.45. The molecule has 17 nitrogen and oxygen atoms in total. The fourth-order valence-electron chi connectivity index (χ4n) is 6.53. The molecule has 0 aliphatic carbocycles. The Morgan fingerprint density at radius 2 is 1.23 bits per heavy atom. The third-order valence-electron chi connectivity index (χ3n) is 9.40. The molecule has 19 heteroatoms. The van der Waals surface area contributed by atoms with Crippen molar-refractivity contribution in [2.75, 3.05) is 111 Å². The maximum atomic E-state index is 14.7. The first-order valence-corrected chi connectivity index (χ1v) is 18.4. The SMILES string of the molecule is CC(=O)NC[C@H](O)CN(C[C@H]1CN(c2ccc(N3CCOCC3)c(F)c2)C(=O)O1)C(C)=O.CC(=O)NC[C@H]1CN(c2ccc(N3CCOCC3)c(F)c2)C(=O)O1. The summed E-state index contributed by atoms with van der Waals surface area (Å²) in [6.45, 7) is 9.48. The van der Waals surface area contributed by atoms with Gasteiger partial charge < -0.3 is 49.4 Å². The summed E-state index contributed by atoms with van der Waals surface area (Å²) in [6.07, 6.45) is -3.21. The molecule has 0 spiro atoms. The Balaban J connectivity index is 0.000000223. The number of nitrogens with zero attached hydrogens (tertiary/aromatic N) is 5. The van der Waals surface area contributed by atoms with E-state index in [1.54, 1.807) is 24.3 Å². The van der Waals surface area contributed by atoms with E-state index in [0.29, 0.717) is 75.4 Å². The molecule has 0 unspecified atom stereocenters. The van der Waals surface area contributed by atoms with Crippen molar-refractivity contribution < 1.29 is 56.8 Å². The quantitative estimate of drug-likeness (QED) is 0.282. The van der Waals surface area contributed by atoms with Crippen LogP contribution in [0.25, 0.3) is 0 Å². The highest BCUT2D eigenvalue weighted by molar-refractivity contribution is 5.91. The summed E-state index contributed by atoms with van der Waals surface area (Å²) in [5.41, 5.74) is 1.77. The van der Waals surface area contributed by atoms with Crippen molar-refractivity contribution in [3.8, 4) is 0 Å². The highest BCUT2D eigenvalue weighted by Gasteiger charge is 2.35. The number of hydrogen-bond acceptors (Lipinski definition) is 12. The Kier molecular flexibility index (Phi) is 14.6. The van der Waals surface area contributed by atoms with Gasteiger partial charge in [0.05, 0.1) is 81.5 Å². The Morgan fingerprint density at radius 1 is 0.768 bits per heavy atom. The number of aliphatic hydroxyl groups is 1. The molecule has 306 valence electrons. The molecule has 2 aromatic carbocycles. The second-order valence-electron chi connectivity index (χ2n) is 13.7. The predicted octanol–water partition coefficient (Wildman–Crippen LogP) is 1.46. The number of benzene rings is 2. The number of morpholine rings is 2. The topological polar surface area (TPSA) is 183 Å². The molecule has 4 aliphatic rings. The second kappa shape index (κ2) is 19.5. The number of rotatable bonds is 12. The van der Waals surface area contributed by atoms with Crippen molar-refractivity contribution in [2.45, 2.75) is 39.1 Å². The van der Waals surface area contributed by atoms with Gasteiger partial charge in [-0.25, -0.2) is 18.4 Å². The van der Waals surface area contributed by atoms with Crippen molar-refractivity contribution >= 4 is 52.7 Å². The van der Waals surface area contributed by atoms with Gasteiger partial charge in [0.25, 0.3) is 0 Å².